The van der Waals surface area contributed by atoms with E-state index in [2.05, 4.69) is 0 Å². The summed E-state index contributed by atoms with van der Waals surface area (Å²) in [5.41, 5.74) is 7.18. The molecule has 0 aliphatic rings. The van der Waals surface area contributed by atoms with Crippen molar-refractivity contribution in [2.75, 3.05) is 19.7 Å². The summed E-state index contributed by atoms with van der Waals surface area (Å²) in [6.45, 7) is 2.53. The third-order valence-corrected chi connectivity index (χ3v) is 4.63. The number of sulfonamides is 1. The third-order valence-electron chi connectivity index (χ3n) is 2.70. The fraction of sp³-hybridized carbons (Fsp3) is 0.500. The Kier molecular flexibility index (Phi) is 5.74. The number of aliphatic hydroxyl groups is 1. The standard InChI is InChI=1S/C12H20N2O3S/c1-2-14(7-8-15)18(16,17)10-12-5-3-11(9-13)4-6-12/h3-6,15H,2,7-10,13H2,1H3. The number of hydrogen-bond donors (Lipinski definition) is 2. The fourth-order valence-electron chi connectivity index (χ4n) is 1.68. The summed E-state index contributed by atoms with van der Waals surface area (Å²) in [6, 6.07) is 7.19. The van der Waals surface area contributed by atoms with Gasteiger partial charge in [-0.25, -0.2) is 8.42 Å². The van der Waals surface area contributed by atoms with Crippen LogP contribution in [0.1, 0.15) is 18.1 Å². The topological polar surface area (TPSA) is 83.6 Å². The van der Waals surface area contributed by atoms with Crippen molar-refractivity contribution < 1.29 is 13.5 Å². The summed E-state index contributed by atoms with van der Waals surface area (Å²) >= 11 is 0. The van der Waals surface area contributed by atoms with Crippen molar-refractivity contribution in [1.29, 1.82) is 0 Å². The highest BCUT2D eigenvalue weighted by molar-refractivity contribution is 7.88. The Morgan fingerprint density at radius 1 is 1.22 bits per heavy atom. The van der Waals surface area contributed by atoms with Crippen LogP contribution < -0.4 is 5.73 Å². The second-order valence-electron chi connectivity index (χ2n) is 3.99. The average molecular weight is 272 g/mol. The van der Waals surface area contributed by atoms with Gasteiger partial charge in [-0.2, -0.15) is 4.31 Å². The van der Waals surface area contributed by atoms with Gasteiger partial charge in [0.05, 0.1) is 12.4 Å². The summed E-state index contributed by atoms with van der Waals surface area (Å²) in [5, 5.41) is 8.85. The quantitative estimate of drug-likeness (QED) is 0.747. The van der Waals surface area contributed by atoms with Crippen LogP contribution in [0.2, 0.25) is 0 Å². The van der Waals surface area contributed by atoms with Crippen LogP contribution in [-0.4, -0.2) is 37.5 Å². The summed E-state index contributed by atoms with van der Waals surface area (Å²) in [4.78, 5) is 0. The third kappa shape index (κ3) is 4.06. The molecule has 0 fully saturated rings. The van der Waals surface area contributed by atoms with Crippen molar-refractivity contribution in [2.45, 2.75) is 19.2 Å². The SMILES string of the molecule is CCN(CCO)S(=O)(=O)Cc1ccc(CN)cc1. The molecule has 0 unspecified atom stereocenters. The molecule has 1 aromatic carbocycles. The number of hydrogen-bond acceptors (Lipinski definition) is 4. The van der Waals surface area contributed by atoms with E-state index in [1.54, 1.807) is 19.1 Å². The number of likely N-dealkylation sites (N-methyl/N-ethyl adjacent to an activating group) is 1. The molecule has 0 amide bonds. The first-order valence-corrected chi connectivity index (χ1v) is 7.51. The zero-order chi connectivity index (χ0) is 13.6. The molecule has 18 heavy (non-hydrogen) atoms. The van der Waals surface area contributed by atoms with Crippen LogP contribution in [0.4, 0.5) is 0 Å². The fourth-order valence-corrected chi connectivity index (χ4v) is 3.23. The maximum absolute atomic E-state index is 12.1. The molecule has 1 aromatic rings. The van der Waals surface area contributed by atoms with E-state index in [4.69, 9.17) is 10.8 Å². The van der Waals surface area contributed by atoms with Crippen molar-refractivity contribution >= 4 is 10.0 Å². The second-order valence-corrected chi connectivity index (χ2v) is 5.96. The highest BCUT2D eigenvalue weighted by atomic mass is 32.2. The van der Waals surface area contributed by atoms with Gasteiger partial charge in [0.1, 0.15) is 0 Å². The number of benzene rings is 1. The highest BCUT2D eigenvalue weighted by Crippen LogP contribution is 2.11. The first-order valence-electron chi connectivity index (χ1n) is 5.90. The van der Waals surface area contributed by atoms with Crippen LogP contribution in [-0.2, 0) is 22.3 Å². The van der Waals surface area contributed by atoms with Crippen LogP contribution in [0.5, 0.6) is 0 Å². The average Bonchev–Trinajstić information content (AvgIpc) is 2.36. The van der Waals surface area contributed by atoms with Gasteiger partial charge in [0.2, 0.25) is 10.0 Å². The van der Waals surface area contributed by atoms with Gasteiger partial charge < -0.3 is 10.8 Å². The zero-order valence-corrected chi connectivity index (χ0v) is 11.4. The Morgan fingerprint density at radius 3 is 2.22 bits per heavy atom. The second kappa shape index (κ2) is 6.84. The molecular weight excluding hydrogens is 252 g/mol. The molecule has 0 saturated heterocycles. The predicted molar refractivity (Wildman–Crippen MR) is 71.3 cm³/mol. The van der Waals surface area contributed by atoms with E-state index >= 15 is 0 Å². The van der Waals surface area contributed by atoms with Gasteiger partial charge in [-0.15, -0.1) is 0 Å². The number of nitrogens with zero attached hydrogens (tertiary/aromatic N) is 1. The van der Waals surface area contributed by atoms with Crippen LogP contribution >= 0.6 is 0 Å². The normalized spacial score (nSPS) is 12.0. The van der Waals surface area contributed by atoms with E-state index in [1.165, 1.54) is 4.31 Å². The van der Waals surface area contributed by atoms with Gasteiger partial charge in [0.15, 0.2) is 0 Å². The number of aliphatic hydroxyl groups excluding tert-OH is 1. The minimum absolute atomic E-state index is 0.0499. The monoisotopic (exact) mass is 272 g/mol. The lowest BCUT2D eigenvalue weighted by Gasteiger charge is -2.19. The molecule has 6 heteroatoms. The lowest BCUT2D eigenvalue weighted by Crippen LogP contribution is -2.34. The van der Waals surface area contributed by atoms with Gasteiger partial charge in [-0.1, -0.05) is 31.2 Å². The van der Waals surface area contributed by atoms with Gasteiger partial charge in [-0.3, -0.25) is 0 Å². The summed E-state index contributed by atoms with van der Waals surface area (Å²) in [5.74, 6) is -0.0499. The molecular formula is C12H20N2O3S. The van der Waals surface area contributed by atoms with E-state index in [1.807, 2.05) is 12.1 Å². The number of rotatable bonds is 7. The molecule has 0 atom stereocenters. The zero-order valence-electron chi connectivity index (χ0n) is 10.5. The Bertz CT molecular complexity index is 457. The first-order chi connectivity index (χ1) is 8.53. The summed E-state index contributed by atoms with van der Waals surface area (Å²) in [7, 11) is -3.37. The molecule has 5 nitrogen and oxygen atoms in total. The van der Waals surface area contributed by atoms with Crippen molar-refractivity contribution in [2.24, 2.45) is 5.73 Å². The summed E-state index contributed by atoms with van der Waals surface area (Å²) < 4.78 is 25.4. The van der Waals surface area contributed by atoms with Crippen LogP contribution in [0, 0.1) is 0 Å². The van der Waals surface area contributed by atoms with E-state index in [0.29, 0.717) is 13.1 Å². The van der Waals surface area contributed by atoms with Crippen molar-refractivity contribution in [1.82, 2.24) is 4.31 Å². The Morgan fingerprint density at radius 2 is 1.78 bits per heavy atom. The van der Waals surface area contributed by atoms with Gasteiger partial charge in [0, 0.05) is 19.6 Å². The Balaban J connectivity index is 2.80. The summed E-state index contributed by atoms with van der Waals surface area (Å²) in [6.07, 6.45) is 0. The molecule has 1 rings (SSSR count). The van der Waals surface area contributed by atoms with Crippen molar-refractivity contribution in [3.8, 4) is 0 Å². The molecule has 0 aliphatic carbocycles. The molecule has 0 bridgehead atoms. The van der Waals surface area contributed by atoms with E-state index in [9.17, 15) is 8.42 Å². The Labute approximate surface area is 108 Å². The molecule has 3 N–H and O–H groups in total. The van der Waals surface area contributed by atoms with Crippen LogP contribution in [0.15, 0.2) is 24.3 Å². The number of nitrogens with two attached hydrogens (primary N) is 1. The van der Waals surface area contributed by atoms with Gasteiger partial charge in [-0.05, 0) is 11.1 Å². The molecule has 102 valence electrons. The lowest BCUT2D eigenvalue weighted by molar-refractivity contribution is 0.257. The molecule has 0 heterocycles. The molecule has 0 aromatic heterocycles. The maximum atomic E-state index is 12.1. The predicted octanol–water partition coefficient (Wildman–Crippen LogP) is 0.289. The smallest absolute Gasteiger partial charge is 0.218 e. The first kappa shape index (κ1) is 15.1. The molecule has 0 aliphatic heterocycles. The van der Waals surface area contributed by atoms with E-state index in [0.717, 1.165) is 11.1 Å². The van der Waals surface area contributed by atoms with Crippen molar-refractivity contribution in [3.05, 3.63) is 35.4 Å². The largest absolute Gasteiger partial charge is 0.395 e. The Hall–Kier alpha value is -0.950. The molecule has 0 saturated carbocycles. The van der Waals surface area contributed by atoms with Crippen molar-refractivity contribution in [3.63, 3.8) is 0 Å². The minimum Gasteiger partial charge on any atom is -0.395 e. The van der Waals surface area contributed by atoms with E-state index in [-0.39, 0.29) is 18.9 Å². The molecule has 0 spiro atoms. The van der Waals surface area contributed by atoms with Gasteiger partial charge >= 0.3 is 0 Å². The van der Waals surface area contributed by atoms with Crippen LogP contribution in [0.25, 0.3) is 0 Å². The van der Waals surface area contributed by atoms with Crippen LogP contribution in [0.3, 0.4) is 0 Å². The highest BCUT2D eigenvalue weighted by Gasteiger charge is 2.20. The molecule has 0 radical (unpaired) electrons. The minimum atomic E-state index is -3.37. The van der Waals surface area contributed by atoms with E-state index < -0.39 is 10.0 Å². The van der Waals surface area contributed by atoms with Gasteiger partial charge in [0.25, 0.3) is 0 Å². The lowest BCUT2D eigenvalue weighted by atomic mass is 10.1. The maximum Gasteiger partial charge on any atom is 0.218 e.